The smallest absolute Gasteiger partial charge is 0.231 e. The Labute approximate surface area is 161 Å². The van der Waals surface area contributed by atoms with E-state index in [9.17, 15) is 8.42 Å². The molecule has 0 saturated heterocycles. The van der Waals surface area contributed by atoms with Gasteiger partial charge in [0.2, 0.25) is 5.88 Å². The molecule has 0 unspecified atom stereocenters. The van der Waals surface area contributed by atoms with E-state index in [4.69, 9.17) is 13.9 Å². The highest BCUT2D eigenvalue weighted by Crippen LogP contribution is 2.30. The molecule has 9 heteroatoms. The summed E-state index contributed by atoms with van der Waals surface area (Å²) < 4.78 is 40.8. The number of furan rings is 1. The molecule has 0 aliphatic rings. The highest BCUT2D eigenvalue weighted by Gasteiger charge is 2.14. The molecule has 4 rings (SSSR count). The van der Waals surface area contributed by atoms with Crippen molar-refractivity contribution in [1.82, 2.24) is 14.6 Å². The third-order valence-electron chi connectivity index (χ3n) is 4.22. The number of hydrogen-bond acceptors (Lipinski definition) is 7. The summed E-state index contributed by atoms with van der Waals surface area (Å²) in [5.74, 6) is 1.84. The molecule has 4 aromatic rings. The number of methoxy groups -OCH3 is 1. The van der Waals surface area contributed by atoms with E-state index in [0.717, 1.165) is 16.7 Å². The summed E-state index contributed by atoms with van der Waals surface area (Å²) in [6.07, 6.45) is 3.30. The van der Waals surface area contributed by atoms with Gasteiger partial charge in [0.1, 0.15) is 26.9 Å². The third kappa shape index (κ3) is 3.79. The maximum Gasteiger partial charge on any atom is 0.231 e. The third-order valence-corrected chi connectivity index (χ3v) is 5.25. The molecule has 0 aliphatic heterocycles. The standard InChI is InChI=1S/C19H19N3O5S/c1-25-14-4-5-16-13(10-14)11-17(27-16)15-12-20-18-6-7-19(21-22(15)18)26-8-3-9-28(2,23)24/h4-7,10-12H,3,8-9H2,1-2H3. The van der Waals surface area contributed by atoms with Gasteiger partial charge in [-0.3, -0.25) is 0 Å². The van der Waals surface area contributed by atoms with Crippen LogP contribution in [0.2, 0.25) is 0 Å². The van der Waals surface area contributed by atoms with Gasteiger partial charge in [0, 0.05) is 17.7 Å². The first-order chi connectivity index (χ1) is 13.4. The van der Waals surface area contributed by atoms with E-state index < -0.39 is 9.84 Å². The summed E-state index contributed by atoms with van der Waals surface area (Å²) in [6, 6.07) is 11.0. The van der Waals surface area contributed by atoms with Gasteiger partial charge in [0.05, 0.1) is 25.7 Å². The molecule has 3 aromatic heterocycles. The lowest BCUT2D eigenvalue weighted by molar-refractivity contribution is 0.301. The van der Waals surface area contributed by atoms with Crippen molar-refractivity contribution < 1.29 is 22.3 Å². The van der Waals surface area contributed by atoms with Crippen LogP contribution in [0.3, 0.4) is 0 Å². The van der Waals surface area contributed by atoms with Crippen molar-refractivity contribution in [1.29, 1.82) is 0 Å². The van der Waals surface area contributed by atoms with Crippen molar-refractivity contribution in [3.63, 3.8) is 0 Å². The zero-order chi connectivity index (χ0) is 19.7. The van der Waals surface area contributed by atoms with Crippen LogP contribution in [0.1, 0.15) is 6.42 Å². The zero-order valence-corrected chi connectivity index (χ0v) is 16.3. The summed E-state index contributed by atoms with van der Waals surface area (Å²) in [7, 11) is -1.38. The van der Waals surface area contributed by atoms with Crippen LogP contribution in [-0.2, 0) is 9.84 Å². The Balaban J connectivity index is 1.61. The predicted octanol–water partition coefficient (Wildman–Crippen LogP) is 2.96. The Morgan fingerprint density at radius 1 is 1.18 bits per heavy atom. The highest BCUT2D eigenvalue weighted by atomic mass is 32.2. The fourth-order valence-corrected chi connectivity index (χ4v) is 3.52. The Hall–Kier alpha value is -3.07. The molecule has 28 heavy (non-hydrogen) atoms. The highest BCUT2D eigenvalue weighted by molar-refractivity contribution is 7.90. The number of ether oxygens (including phenoxy) is 2. The number of sulfone groups is 1. The number of nitrogens with zero attached hydrogens (tertiary/aromatic N) is 3. The van der Waals surface area contributed by atoms with Crippen LogP contribution in [0.5, 0.6) is 11.6 Å². The van der Waals surface area contributed by atoms with E-state index in [1.54, 1.807) is 30.0 Å². The van der Waals surface area contributed by atoms with Crippen molar-refractivity contribution in [2.24, 2.45) is 0 Å². The Kier molecular flexibility index (Phi) is 4.68. The van der Waals surface area contributed by atoms with Gasteiger partial charge in [-0.1, -0.05) is 0 Å². The van der Waals surface area contributed by atoms with Crippen LogP contribution in [0.25, 0.3) is 28.1 Å². The summed E-state index contributed by atoms with van der Waals surface area (Å²) in [5.41, 5.74) is 2.07. The Morgan fingerprint density at radius 3 is 2.82 bits per heavy atom. The molecule has 0 fully saturated rings. The molecular formula is C19H19N3O5S. The second-order valence-electron chi connectivity index (χ2n) is 6.43. The van der Waals surface area contributed by atoms with Gasteiger partial charge in [-0.05, 0) is 36.8 Å². The predicted molar refractivity (Wildman–Crippen MR) is 105 cm³/mol. The normalized spacial score (nSPS) is 11.9. The minimum atomic E-state index is -3.00. The van der Waals surface area contributed by atoms with Crippen LogP contribution in [0, 0.1) is 0 Å². The van der Waals surface area contributed by atoms with E-state index in [1.807, 2.05) is 24.3 Å². The first kappa shape index (κ1) is 18.3. The molecule has 8 nitrogen and oxygen atoms in total. The summed E-state index contributed by atoms with van der Waals surface area (Å²) >= 11 is 0. The maximum atomic E-state index is 11.2. The molecule has 0 saturated carbocycles. The fraction of sp³-hybridized carbons (Fsp3) is 0.263. The van der Waals surface area contributed by atoms with Gasteiger partial charge in [0.15, 0.2) is 11.4 Å². The first-order valence-electron chi connectivity index (χ1n) is 8.66. The Bertz CT molecular complexity index is 1240. The average molecular weight is 401 g/mol. The van der Waals surface area contributed by atoms with E-state index in [1.165, 1.54) is 6.26 Å². The number of imidazole rings is 1. The van der Waals surface area contributed by atoms with Crippen LogP contribution < -0.4 is 9.47 Å². The molecule has 0 radical (unpaired) electrons. The molecule has 0 bridgehead atoms. The van der Waals surface area contributed by atoms with Gasteiger partial charge < -0.3 is 13.9 Å². The van der Waals surface area contributed by atoms with Crippen molar-refractivity contribution in [2.75, 3.05) is 25.7 Å². The summed E-state index contributed by atoms with van der Waals surface area (Å²) in [6.45, 7) is 0.264. The Morgan fingerprint density at radius 2 is 2.04 bits per heavy atom. The number of hydrogen-bond donors (Lipinski definition) is 0. The van der Waals surface area contributed by atoms with Crippen LogP contribution in [0.15, 0.2) is 47.0 Å². The molecule has 0 spiro atoms. The SMILES string of the molecule is COc1ccc2oc(-c3cnc4ccc(OCCCS(C)(=O)=O)nn34)cc2c1. The van der Waals surface area contributed by atoms with Gasteiger partial charge >= 0.3 is 0 Å². The maximum absolute atomic E-state index is 11.2. The van der Waals surface area contributed by atoms with Crippen molar-refractivity contribution in [2.45, 2.75) is 6.42 Å². The van der Waals surface area contributed by atoms with Crippen molar-refractivity contribution >= 4 is 26.5 Å². The van der Waals surface area contributed by atoms with Crippen molar-refractivity contribution in [3.05, 3.63) is 42.6 Å². The minimum absolute atomic E-state index is 0.0774. The van der Waals surface area contributed by atoms with E-state index >= 15 is 0 Å². The van der Waals surface area contributed by atoms with Crippen LogP contribution in [-0.4, -0.2) is 48.7 Å². The number of fused-ring (bicyclic) bond motifs is 2. The van der Waals surface area contributed by atoms with E-state index in [2.05, 4.69) is 10.1 Å². The molecule has 0 N–H and O–H groups in total. The molecule has 3 heterocycles. The lowest BCUT2D eigenvalue weighted by Gasteiger charge is -2.05. The van der Waals surface area contributed by atoms with Crippen LogP contribution in [0.4, 0.5) is 0 Å². The molecule has 0 aliphatic carbocycles. The lowest BCUT2D eigenvalue weighted by Crippen LogP contribution is -2.09. The molecule has 0 amide bonds. The largest absolute Gasteiger partial charge is 0.497 e. The number of benzene rings is 1. The lowest BCUT2D eigenvalue weighted by atomic mass is 10.2. The molecular weight excluding hydrogens is 382 g/mol. The van der Waals surface area contributed by atoms with E-state index in [0.29, 0.717) is 29.4 Å². The topological polar surface area (TPSA) is 95.9 Å². The second kappa shape index (κ2) is 7.16. The zero-order valence-electron chi connectivity index (χ0n) is 15.5. The quantitative estimate of drug-likeness (QED) is 0.439. The number of aromatic nitrogens is 3. The molecule has 1 aromatic carbocycles. The monoisotopic (exact) mass is 401 g/mol. The van der Waals surface area contributed by atoms with E-state index in [-0.39, 0.29) is 12.4 Å². The summed E-state index contributed by atoms with van der Waals surface area (Å²) in [5, 5.41) is 5.36. The van der Waals surface area contributed by atoms with Gasteiger partial charge in [-0.25, -0.2) is 17.9 Å². The van der Waals surface area contributed by atoms with Gasteiger partial charge in [-0.15, -0.1) is 5.10 Å². The first-order valence-corrected chi connectivity index (χ1v) is 10.7. The number of rotatable bonds is 7. The second-order valence-corrected chi connectivity index (χ2v) is 8.69. The minimum Gasteiger partial charge on any atom is -0.497 e. The van der Waals surface area contributed by atoms with Crippen molar-refractivity contribution in [3.8, 4) is 23.1 Å². The average Bonchev–Trinajstić information content (AvgIpc) is 3.26. The molecule has 0 atom stereocenters. The van der Waals surface area contributed by atoms with Gasteiger partial charge in [-0.2, -0.15) is 0 Å². The van der Waals surface area contributed by atoms with Gasteiger partial charge in [0.25, 0.3) is 0 Å². The summed E-state index contributed by atoms with van der Waals surface area (Å²) in [4.78, 5) is 4.35. The molecule has 146 valence electrons. The fourth-order valence-electron chi connectivity index (χ4n) is 2.87. The van der Waals surface area contributed by atoms with Crippen LogP contribution >= 0.6 is 0 Å².